The zero-order valence-electron chi connectivity index (χ0n) is 8.51. The van der Waals surface area contributed by atoms with Gasteiger partial charge in [0.15, 0.2) is 0 Å². The molecule has 2 nitrogen and oxygen atoms in total. The largest absolute Gasteiger partial charge is 0.495 e. The number of aliphatic hydroxyl groups excluding tert-OH is 1. The highest BCUT2D eigenvalue weighted by molar-refractivity contribution is 9.10. The summed E-state index contributed by atoms with van der Waals surface area (Å²) in [4.78, 5) is 0. The van der Waals surface area contributed by atoms with Crippen molar-refractivity contribution in [2.45, 2.75) is 19.8 Å². The maximum atomic E-state index is 8.78. The lowest BCUT2D eigenvalue weighted by Gasteiger charge is -2.11. The SMILES string of the molecule is COc1c(Br)cc(C)cc1CCCO. The Bertz CT molecular complexity index is 310. The smallest absolute Gasteiger partial charge is 0.136 e. The highest BCUT2D eigenvalue weighted by Gasteiger charge is 2.07. The lowest BCUT2D eigenvalue weighted by Crippen LogP contribution is -1.96. The van der Waals surface area contributed by atoms with E-state index in [2.05, 4.69) is 22.0 Å². The predicted octanol–water partition coefficient (Wildman–Crippen LogP) is 2.69. The first-order valence-corrected chi connectivity index (χ1v) is 5.42. The quantitative estimate of drug-likeness (QED) is 0.900. The monoisotopic (exact) mass is 258 g/mol. The minimum Gasteiger partial charge on any atom is -0.495 e. The standard InChI is InChI=1S/C11H15BrO2/c1-8-6-9(4-3-5-13)11(14-2)10(12)7-8/h6-7,13H,3-5H2,1-2H3. The third-order valence-electron chi connectivity index (χ3n) is 2.07. The molecule has 0 aliphatic heterocycles. The van der Waals surface area contributed by atoms with Crippen molar-refractivity contribution in [3.05, 3.63) is 27.7 Å². The van der Waals surface area contributed by atoms with Crippen molar-refractivity contribution in [2.75, 3.05) is 13.7 Å². The molecule has 0 heterocycles. The van der Waals surface area contributed by atoms with Crippen molar-refractivity contribution < 1.29 is 9.84 Å². The van der Waals surface area contributed by atoms with Crippen LogP contribution >= 0.6 is 15.9 Å². The van der Waals surface area contributed by atoms with Crippen LogP contribution in [0.5, 0.6) is 5.75 Å². The first kappa shape index (κ1) is 11.5. The van der Waals surface area contributed by atoms with Crippen molar-refractivity contribution in [1.82, 2.24) is 0 Å². The number of ether oxygens (including phenoxy) is 1. The molecule has 0 spiro atoms. The van der Waals surface area contributed by atoms with E-state index in [1.165, 1.54) is 5.56 Å². The van der Waals surface area contributed by atoms with E-state index in [0.717, 1.165) is 28.6 Å². The summed E-state index contributed by atoms with van der Waals surface area (Å²) in [5, 5.41) is 8.78. The van der Waals surface area contributed by atoms with Gasteiger partial charge in [-0.1, -0.05) is 6.07 Å². The molecule has 0 fully saturated rings. The molecule has 1 aromatic carbocycles. The highest BCUT2D eigenvalue weighted by Crippen LogP contribution is 2.31. The Labute approximate surface area is 93.0 Å². The summed E-state index contributed by atoms with van der Waals surface area (Å²) in [6.45, 7) is 2.27. The van der Waals surface area contributed by atoms with Gasteiger partial charge in [-0.15, -0.1) is 0 Å². The molecule has 0 saturated carbocycles. The number of hydrogen-bond donors (Lipinski definition) is 1. The van der Waals surface area contributed by atoms with E-state index >= 15 is 0 Å². The third kappa shape index (κ3) is 2.72. The van der Waals surface area contributed by atoms with E-state index in [4.69, 9.17) is 9.84 Å². The Kier molecular flexibility index (Phi) is 4.42. The lowest BCUT2D eigenvalue weighted by molar-refractivity contribution is 0.287. The van der Waals surface area contributed by atoms with Crippen molar-refractivity contribution in [1.29, 1.82) is 0 Å². The number of aliphatic hydroxyl groups is 1. The molecule has 0 aromatic heterocycles. The molecule has 0 unspecified atom stereocenters. The summed E-state index contributed by atoms with van der Waals surface area (Å²) in [6.07, 6.45) is 1.62. The summed E-state index contributed by atoms with van der Waals surface area (Å²) >= 11 is 3.46. The van der Waals surface area contributed by atoms with E-state index in [9.17, 15) is 0 Å². The number of aryl methyl sites for hydroxylation is 2. The molecule has 0 aliphatic rings. The van der Waals surface area contributed by atoms with Crippen LogP contribution in [0.4, 0.5) is 0 Å². The molecule has 0 aliphatic carbocycles. The molecule has 14 heavy (non-hydrogen) atoms. The molecule has 0 radical (unpaired) electrons. The molecule has 0 bridgehead atoms. The van der Waals surface area contributed by atoms with E-state index in [1.54, 1.807) is 7.11 Å². The summed E-state index contributed by atoms with van der Waals surface area (Å²) in [5.74, 6) is 0.879. The van der Waals surface area contributed by atoms with E-state index < -0.39 is 0 Å². The summed E-state index contributed by atoms with van der Waals surface area (Å²) in [6, 6.07) is 4.13. The van der Waals surface area contributed by atoms with Gasteiger partial charge in [-0.05, 0) is 52.9 Å². The highest BCUT2D eigenvalue weighted by atomic mass is 79.9. The number of halogens is 1. The van der Waals surface area contributed by atoms with Crippen LogP contribution in [0.1, 0.15) is 17.5 Å². The van der Waals surface area contributed by atoms with Gasteiger partial charge in [-0.25, -0.2) is 0 Å². The first-order valence-electron chi connectivity index (χ1n) is 4.63. The Balaban J connectivity index is 2.99. The third-order valence-corrected chi connectivity index (χ3v) is 2.66. The first-order chi connectivity index (χ1) is 6.69. The number of hydrogen-bond acceptors (Lipinski definition) is 2. The second-order valence-corrected chi connectivity index (χ2v) is 4.12. The van der Waals surface area contributed by atoms with Gasteiger partial charge >= 0.3 is 0 Å². The second kappa shape index (κ2) is 5.37. The van der Waals surface area contributed by atoms with Gasteiger partial charge < -0.3 is 9.84 Å². The van der Waals surface area contributed by atoms with Gasteiger partial charge in [0.05, 0.1) is 11.6 Å². The van der Waals surface area contributed by atoms with Crippen LogP contribution in [-0.2, 0) is 6.42 Å². The molecule has 1 N–H and O–H groups in total. The zero-order chi connectivity index (χ0) is 10.6. The molecule has 1 aromatic rings. The summed E-state index contributed by atoms with van der Waals surface area (Å²) in [5.41, 5.74) is 2.35. The maximum absolute atomic E-state index is 8.78. The number of benzene rings is 1. The van der Waals surface area contributed by atoms with Crippen LogP contribution in [-0.4, -0.2) is 18.8 Å². The van der Waals surface area contributed by atoms with Crippen molar-refractivity contribution in [3.8, 4) is 5.75 Å². The Hall–Kier alpha value is -0.540. The van der Waals surface area contributed by atoms with Crippen LogP contribution in [0.3, 0.4) is 0 Å². The van der Waals surface area contributed by atoms with Gasteiger partial charge in [0, 0.05) is 6.61 Å². The van der Waals surface area contributed by atoms with Crippen LogP contribution in [0.25, 0.3) is 0 Å². The minimum absolute atomic E-state index is 0.217. The normalized spacial score (nSPS) is 10.3. The fraction of sp³-hybridized carbons (Fsp3) is 0.455. The molecule has 0 amide bonds. The van der Waals surface area contributed by atoms with Gasteiger partial charge in [0.25, 0.3) is 0 Å². The Morgan fingerprint density at radius 2 is 2.14 bits per heavy atom. The van der Waals surface area contributed by atoms with Gasteiger partial charge in [0.1, 0.15) is 5.75 Å². The van der Waals surface area contributed by atoms with Crippen LogP contribution in [0, 0.1) is 6.92 Å². The Morgan fingerprint density at radius 1 is 1.43 bits per heavy atom. The number of rotatable bonds is 4. The van der Waals surface area contributed by atoms with Crippen molar-refractivity contribution in [3.63, 3.8) is 0 Å². The summed E-state index contributed by atoms with van der Waals surface area (Å²) < 4.78 is 6.28. The minimum atomic E-state index is 0.217. The van der Waals surface area contributed by atoms with Crippen LogP contribution in [0.15, 0.2) is 16.6 Å². The van der Waals surface area contributed by atoms with E-state index in [1.807, 2.05) is 13.0 Å². The second-order valence-electron chi connectivity index (χ2n) is 3.27. The van der Waals surface area contributed by atoms with Gasteiger partial charge in [-0.3, -0.25) is 0 Å². The fourth-order valence-corrected chi connectivity index (χ4v) is 2.26. The number of methoxy groups -OCH3 is 1. The van der Waals surface area contributed by atoms with Crippen molar-refractivity contribution >= 4 is 15.9 Å². The molecule has 1 rings (SSSR count). The summed E-state index contributed by atoms with van der Waals surface area (Å²) in [7, 11) is 1.66. The Morgan fingerprint density at radius 3 is 2.71 bits per heavy atom. The van der Waals surface area contributed by atoms with Crippen LogP contribution < -0.4 is 4.74 Å². The molecule has 78 valence electrons. The van der Waals surface area contributed by atoms with E-state index in [0.29, 0.717) is 0 Å². The van der Waals surface area contributed by atoms with E-state index in [-0.39, 0.29) is 6.61 Å². The van der Waals surface area contributed by atoms with Gasteiger partial charge in [-0.2, -0.15) is 0 Å². The van der Waals surface area contributed by atoms with Crippen molar-refractivity contribution in [2.24, 2.45) is 0 Å². The average molecular weight is 259 g/mol. The topological polar surface area (TPSA) is 29.5 Å². The van der Waals surface area contributed by atoms with Crippen LogP contribution in [0.2, 0.25) is 0 Å². The molecule has 0 atom stereocenters. The predicted molar refractivity (Wildman–Crippen MR) is 60.8 cm³/mol. The van der Waals surface area contributed by atoms with Gasteiger partial charge in [0.2, 0.25) is 0 Å². The molecule has 3 heteroatoms. The lowest BCUT2D eigenvalue weighted by atomic mass is 10.1. The molecular formula is C11H15BrO2. The molecular weight excluding hydrogens is 244 g/mol. The maximum Gasteiger partial charge on any atom is 0.136 e. The molecule has 0 saturated heterocycles. The average Bonchev–Trinajstić information content (AvgIpc) is 2.14. The zero-order valence-corrected chi connectivity index (χ0v) is 10.1. The fourth-order valence-electron chi connectivity index (χ4n) is 1.48.